The first kappa shape index (κ1) is 12.2. The standard InChI is InChI=1S/C10H13ClN2OS/c1-14-7-6-12-10(15)13-9-4-2-8(11)3-5-9/h2-5H,6-7H2,1H3,(H2,12,13,15). The van der Waals surface area contributed by atoms with E-state index in [9.17, 15) is 0 Å². The predicted molar refractivity (Wildman–Crippen MR) is 67.6 cm³/mol. The van der Waals surface area contributed by atoms with Gasteiger partial charge in [0.05, 0.1) is 6.61 Å². The van der Waals surface area contributed by atoms with E-state index in [1.807, 2.05) is 24.3 Å². The molecule has 1 aromatic carbocycles. The molecule has 0 saturated heterocycles. The van der Waals surface area contributed by atoms with Crippen molar-refractivity contribution >= 4 is 34.6 Å². The van der Waals surface area contributed by atoms with Crippen molar-refractivity contribution in [3.05, 3.63) is 29.3 Å². The average molecular weight is 245 g/mol. The molecule has 2 N–H and O–H groups in total. The highest BCUT2D eigenvalue weighted by Crippen LogP contribution is 2.12. The van der Waals surface area contributed by atoms with Gasteiger partial charge in [-0.05, 0) is 36.5 Å². The van der Waals surface area contributed by atoms with Crippen molar-refractivity contribution in [1.29, 1.82) is 0 Å². The van der Waals surface area contributed by atoms with Gasteiger partial charge in [0.2, 0.25) is 0 Å². The summed E-state index contributed by atoms with van der Waals surface area (Å²) in [5, 5.41) is 7.33. The van der Waals surface area contributed by atoms with Gasteiger partial charge in [0, 0.05) is 24.4 Å². The van der Waals surface area contributed by atoms with Crippen LogP contribution in [-0.2, 0) is 4.74 Å². The second-order valence-corrected chi connectivity index (χ2v) is 3.73. The van der Waals surface area contributed by atoms with Crippen LogP contribution in [-0.4, -0.2) is 25.4 Å². The van der Waals surface area contributed by atoms with Crippen LogP contribution in [0.3, 0.4) is 0 Å². The zero-order valence-corrected chi connectivity index (χ0v) is 9.99. The van der Waals surface area contributed by atoms with Crippen molar-refractivity contribution in [2.45, 2.75) is 0 Å². The Morgan fingerprint density at radius 2 is 2.07 bits per heavy atom. The van der Waals surface area contributed by atoms with Crippen molar-refractivity contribution < 1.29 is 4.74 Å². The molecule has 0 amide bonds. The number of anilines is 1. The topological polar surface area (TPSA) is 33.3 Å². The van der Waals surface area contributed by atoms with Gasteiger partial charge in [-0.15, -0.1) is 0 Å². The molecule has 0 bridgehead atoms. The van der Waals surface area contributed by atoms with Gasteiger partial charge in [0.1, 0.15) is 0 Å². The highest BCUT2D eigenvalue weighted by atomic mass is 35.5. The van der Waals surface area contributed by atoms with E-state index in [-0.39, 0.29) is 0 Å². The number of halogens is 1. The van der Waals surface area contributed by atoms with Gasteiger partial charge in [0.15, 0.2) is 5.11 Å². The van der Waals surface area contributed by atoms with Crippen molar-refractivity contribution in [3.8, 4) is 0 Å². The number of methoxy groups -OCH3 is 1. The summed E-state index contributed by atoms with van der Waals surface area (Å²) in [5.74, 6) is 0. The minimum atomic E-state index is 0.578. The summed E-state index contributed by atoms with van der Waals surface area (Å²) in [5.41, 5.74) is 0.911. The zero-order chi connectivity index (χ0) is 11.1. The first-order chi connectivity index (χ1) is 7.22. The molecule has 0 radical (unpaired) electrons. The van der Waals surface area contributed by atoms with E-state index in [2.05, 4.69) is 10.6 Å². The minimum Gasteiger partial charge on any atom is -0.383 e. The van der Waals surface area contributed by atoms with Crippen molar-refractivity contribution in [1.82, 2.24) is 5.32 Å². The number of hydrogen-bond donors (Lipinski definition) is 2. The van der Waals surface area contributed by atoms with Gasteiger partial charge in [-0.3, -0.25) is 0 Å². The third-order valence-corrected chi connectivity index (χ3v) is 2.19. The minimum absolute atomic E-state index is 0.578. The lowest BCUT2D eigenvalue weighted by Crippen LogP contribution is -2.31. The lowest BCUT2D eigenvalue weighted by molar-refractivity contribution is 0.204. The molecule has 0 heterocycles. The maximum Gasteiger partial charge on any atom is 0.170 e. The molecule has 0 saturated carbocycles. The Morgan fingerprint density at radius 3 is 2.67 bits per heavy atom. The van der Waals surface area contributed by atoms with Gasteiger partial charge in [-0.25, -0.2) is 0 Å². The van der Waals surface area contributed by atoms with Gasteiger partial charge < -0.3 is 15.4 Å². The van der Waals surface area contributed by atoms with Gasteiger partial charge >= 0.3 is 0 Å². The summed E-state index contributed by atoms with van der Waals surface area (Å²) in [7, 11) is 1.65. The molecule has 0 aliphatic rings. The summed E-state index contributed by atoms with van der Waals surface area (Å²) in [6.45, 7) is 1.32. The number of rotatable bonds is 4. The van der Waals surface area contributed by atoms with Gasteiger partial charge in [-0.1, -0.05) is 11.6 Å². The van der Waals surface area contributed by atoms with Crippen LogP contribution in [0.2, 0.25) is 5.02 Å². The molecular weight excluding hydrogens is 232 g/mol. The Labute approximate surface area is 99.8 Å². The average Bonchev–Trinajstić information content (AvgIpc) is 2.22. The molecule has 1 rings (SSSR count). The van der Waals surface area contributed by atoms with E-state index >= 15 is 0 Å². The molecule has 0 aliphatic heterocycles. The van der Waals surface area contributed by atoms with Crippen LogP contribution in [0.15, 0.2) is 24.3 Å². The van der Waals surface area contributed by atoms with Crippen LogP contribution in [0, 0.1) is 0 Å². The summed E-state index contributed by atoms with van der Waals surface area (Å²) in [6, 6.07) is 7.35. The van der Waals surface area contributed by atoms with Crippen LogP contribution in [0.25, 0.3) is 0 Å². The van der Waals surface area contributed by atoms with Crippen LogP contribution >= 0.6 is 23.8 Å². The second-order valence-electron chi connectivity index (χ2n) is 2.88. The molecule has 0 unspecified atom stereocenters. The smallest absolute Gasteiger partial charge is 0.170 e. The largest absolute Gasteiger partial charge is 0.383 e. The Balaban J connectivity index is 2.34. The van der Waals surface area contributed by atoms with Crippen molar-refractivity contribution in [2.24, 2.45) is 0 Å². The van der Waals surface area contributed by atoms with E-state index in [4.69, 9.17) is 28.6 Å². The molecule has 0 aliphatic carbocycles. The molecule has 3 nitrogen and oxygen atoms in total. The number of hydrogen-bond acceptors (Lipinski definition) is 2. The normalized spacial score (nSPS) is 9.73. The van der Waals surface area contributed by atoms with Crippen molar-refractivity contribution in [2.75, 3.05) is 25.6 Å². The van der Waals surface area contributed by atoms with Gasteiger partial charge in [0.25, 0.3) is 0 Å². The number of nitrogens with one attached hydrogen (secondary N) is 2. The third kappa shape index (κ3) is 4.97. The molecule has 0 spiro atoms. The Morgan fingerprint density at radius 1 is 1.40 bits per heavy atom. The Hall–Kier alpha value is -0.840. The van der Waals surface area contributed by atoms with Crippen LogP contribution in [0.5, 0.6) is 0 Å². The van der Waals surface area contributed by atoms with Crippen LogP contribution in [0.1, 0.15) is 0 Å². The third-order valence-electron chi connectivity index (χ3n) is 1.69. The molecule has 0 fully saturated rings. The molecule has 15 heavy (non-hydrogen) atoms. The van der Waals surface area contributed by atoms with Crippen LogP contribution in [0.4, 0.5) is 5.69 Å². The van der Waals surface area contributed by atoms with E-state index in [0.717, 1.165) is 5.69 Å². The lowest BCUT2D eigenvalue weighted by atomic mass is 10.3. The number of ether oxygens (including phenoxy) is 1. The summed E-state index contributed by atoms with van der Waals surface area (Å²) >= 11 is 10.8. The van der Waals surface area contributed by atoms with Crippen LogP contribution < -0.4 is 10.6 Å². The fraction of sp³-hybridized carbons (Fsp3) is 0.300. The van der Waals surface area contributed by atoms with Crippen molar-refractivity contribution in [3.63, 3.8) is 0 Å². The van der Waals surface area contributed by atoms with E-state index < -0.39 is 0 Å². The predicted octanol–water partition coefficient (Wildman–Crippen LogP) is 2.27. The number of thiocarbonyl (C=S) groups is 1. The molecular formula is C10H13ClN2OS. The molecule has 82 valence electrons. The van der Waals surface area contributed by atoms with E-state index in [1.165, 1.54) is 0 Å². The second kappa shape index (κ2) is 6.61. The van der Waals surface area contributed by atoms with E-state index in [1.54, 1.807) is 7.11 Å². The summed E-state index contributed by atoms with van der Waals surface area (Å²) in [6.07, 6.45) is 0. The summed E-state index contributed by atoms with van der Waals surface area (Å²) < 4.78 is 4.89. The molecule has 0 atom stereocenters. The SMILES string of the molecule is COCCNC(=S)Nc1ccc(Cl)cc1. The quantitative estimate of drug-likeness (QED) is 0.629. The molecule has 0 aromatic heterocycles. The zero-order valence-electron chi connectivity index (χ0n) is 8.42. The number of benzene rings is 1. The lowest BCUT2D eigenvalue weighted by Gasteiger charge is -2.09. The first-order valence-corrected chi connectivity index (χ1v) is 5.30. The first-order valence-electron chi connectivity index (χ1n) is 4.51. The fourth-order valence-electron chi connectivity index (χ4n) is 0.975. The highest BCUT2D eigenvalue weighted by molar-refractivity contribution is 7.80. The fourth-order valence-corrected chi connectivity index (χ4v) is 1.32. The highest BCUT2D eigenvalue weighted by Gasteiger charge is 1.96. The van der Waals surface area contributed by atoms with Gasteiger partial charge in [-0.2, -0.15) is 0 Å². The maximum absolute atomic E-state index is 5.76. The Kier molecular flexibility index (Phi) is 5.39. The summed E-state index contributed by atoms with van der Waals surface area (Å²) in [4.78, 5) is 0. The maximum atomic E-state index is 5.76. The Bertz CT molecular complexity index is 316. The monoisotopic (exact) mass is 244 g/mol. The molecule has 5 heteroatoms. The van der Waals surface area contributed by atoms with E-state index in [0.29, 0.717) is 23.3 Å². The molecule has 1 aromatic rings.